The first-order valence-electron chi connectivity index (χ1n) is 3.33. The van der Waals surface area contributed by atoms with Crippen LogP contribution in [-0.4, -0.2) is 9.85 Å². The third kappa shape index (κ3) is 4.04. The van der Waals surface area contributed by atoms with E-state index in [1.807, 2.05) is 4.93 Å². The number of hydrazine groups is 1. The Balaban J connectivity index is 0.000000671. The number of nitrogens with two attached hydrogens (primary N) is 1. The van der Waals surface area contributed by atoms with E-state index in [0.717, 1.165) is 0 Å². The van der Waals surface area contributed by atoms with Gasteiger partial charge in [0.25, 0.3) is 5.69 Å². The number of nitrogens with one attached hydrogen (secondary N) is 1. The van der Waals surface area contributed by atoms with E-state index in [9.17, 15) is 10.1 Å². The average molecular weight is 295 g/mol. The molecule has 6 heteroatoms. The fraction of sp³-hybridized carbons (Fsp3) is 0.143. The highest BCUT2D eigenvalue weighted by Gasteiger charge is 2.03. The third-order valence-corrected chi connectivity index (χ3v) is 1.22. The molecular formula is C7H10IN3O2. The number of rotatable bonds is 2. The van der Waals surface area contributed by atoms with Crippen LogP contribution in [0.1, 0.15) is 0 Å². The van der Waals surface area contributed by atoms with Crippen LogP contribution < -0.4 is 11.3 Å². The van der Waals surface area contributed by atoms with E-state index < -0.39 is 4.92 Å². The lowest BCUT2D eigenvalue weighted by Crippen LogP contribution is -2.06. The molecule has 0 fully saturated rings. The van der Waals surface area contributed by atoms with E-state index >= 15 is 0 Å². The van der Waals surface area contributed by atoms with Crippen LogP contribution in [0.2, 0.25) is 0 Å². The van der Waals surface area contributed by atoms with E-state index in [2.05, 4.69) is 28.0 Å². The van der Waals surface area contributed by atoms with Crippen molar-refractivity contribution < 1.29 is 4.92 Å². The molecule has 1 aromatic rings. The Labute approximate surface area is 89.6 Å². The van der Waals surface area contributed by atoms with Crippen LogP contribution in [-0.2, 0) is 0 Å². The maximum Gasteiger partial charge on any atom is 0.271 e. The summed E-state index contributed by atoms with van der Waals surface area (Å²) in [5, 5.41) is 10.2. The summed E-state index contributed by atoms with van der Waals surface area (Å²) in [5.41, 5.74) is 2.87. The highest BCUT2D eigenvalue weighted by atomic mass is 127. The molecule has 3 N–H and O–H groups in total. The number of nitro groups is 1. The first kappa shape index (κ1) is 12.1. The Morgan fingerprint density at radius 3 is 2.62 bits per heavy atom. The molecule has 0 unspecified atom stereocenters. The number of hydrogen-bond donors (Lipinski definition) is 2. The van der Waals surface area contributed by atoms with Crippen molar-refractivity contribution in [2.75, 3.05) is 10.4 Å². The normalized spacial score (nSPS) is 8.23. The van der Waals surface area contributed by atoms with E-state index in [-0.39, 0.29) is 5.69 Å². The summed E-state index contributed by atoms with van der Waals surface area (Å²) in [6, 6.07) is 5.97. The lowest BCUT2D eigenvalue weighted by molar-refractivity contribution is -0.384. The molecule has 0 aliphatic rings. The highest BCUT2D eigenvalue weighted by molar-refractivity contribution is 14.1. The van der Waals surface area contributed by atoms with Crippen molar-refractivity contribution in [3.05, 3.63) is 34.4 Å². The second-order valence-electron chi connectivity index (χ2n) is 1.95. The standard InChI is InChI=1S/C6H7N3O2.CH3I/c7-8-5-2-1-3-6(4-5)9(10)11;1-2/h1-4,8H,7H2;1H3. The minimum absolute atomic E-state index is 0.0282. The zero-order valence-electron chi connectivity index (χ0n) is 7.03. The average Bonchev–Trinajstić information content (AvgIpc) is 2.21. The van der Waals surface area contributed by atoms with Crippen LogP contribution in [0.4, 0.5) is 11.4 Å². The van der Waals surface area contributed by atoms with Crippen LogP contribution in [0.5, 0.6) is 0 Å². The molecule has 1 rings (SSSR count). The Hall–Kier alpha value is -0.890. The van der Waals surface area contributed by atoms with Crippen molar-refractivity contribution in [1.82, 2.24) is 0 Å². The van der Waals surface area contributed by atoms with Gasteiger partial charge in [-0.15, -0.1) is 0 Å². The van der Waals surface area contributed by atoms with Crippen LogP contribution in [0.15, 0.2) is 24.3 Å². The number of nitro benzene ring substituents is 1. The molecule has 5 nitrogen and oxygen atoms in total. The van der Waals surface area contributed by atoms with E-state index in [1.54, 1.807) is 12.1 Å². The molecule has 0 saturated carbocycles. The van der Waals surface area contributed by atoms with Crippen LogP contribution in [0.25, 0.3) is 0 Å². The molecular weight excluding hydrogens is 285 g/mol. The van der Waals surface area contributed by atoms with Crippen LogP contribution in [0.3, 0.4) is 0 Å². The van der Waals surface area contributed by atoms with Gasteiger partial charge in [0.05, 0.1) is 10.6 Å². The molecule has 0 bridgehead atoms. The summed E-state index contributed by atoms with van der Waals surface area (Å²) >= 11 is 2.15. The van der Waals surface area contributed by atoms with Gasteiger partial charge in [-0.3, -0.25) is 16.0 Å². The van der Waals surface area contributed by atoms with Crippen molar-refractivity contribution in [2.45, 2.75) is 0 Å². The van der Waals surface area contributed by atoms with Crippen molar-refractivity contribution in [3.63, 3.8) is 0 Å². The number of nitrogens with zero attached hydrogens (tertiary/aromatic N) is 1. The Kier molecular flexibility index (Phi) is 6.15. The largest absolute Gasteiger partial charge is 0.324 e. The van der Waals surface area contributed by atoms with Gasteiger partial charge in [-0.2, -0.15) is 0 Å². The maximum absolute atomic E-state index is 10.2. The molecule has 13 heavy (non-hydrogen) atoms. The second-order valence-corrected chi connectivity index (χ2v) is 1.95. The fourth-order valence-electron chi connectivity index (χ4n) is 0.709. The van der Waals surface area contributed by atoms with Gasteiger partial charge in [-0.25, -0.2) is 0 Å². The molecule has 0 aliphatic heterocycles. The van der Waals surface area contributed by atoms with Crippen molar-refractivity contribution in [3.8, 4) is 0 Å². The van der Waals surface area contributed by atoms with Gasteiger partial charge in [0.15, 0.2) is 0 Å². The number of halogens is 1. The van der Waals surface area contributed by atoms with Gasteiger partial charge in [0, 0.05) is 12.1 Å². The van der Waals surface area contributed by atoms with Crippen molar-refractivity contribution in [2.24, 2.45) is 5.84 Å². The summed E-state index contributed by atoms with van der Waals surface area (Å²) in [5.74, 6) is 5.05. The molecule has 0 radical (unpaired) electrons. The Bertz CT molecular complexity index is 280. The Morgan fingerprint density at radius 1 is 1.54 bits per heavy atom. The van der Waals surface area contributed by atoms with Crippen LogP contribution in [0, 0.1) is 10.1 Å². The molecule has 0 atom stereocenters. The predicted octanol–water partition coefficient (Wildman–Crippen LogP) is 1.93. The summed E-state index contributed by atoms with van der Waals surface area (Å²) in [7, 11) is 0. The zero-order valence-corrected chi connectivity index (χ0v) is 9.19. The molecule has 1 aromatic carbocycles. The second kappa shape index (κ2) is 6.61. The zero-order chi connectivity index (χ0) is 10.3. The van der Waals surface area contributed by atoms with Gasteiger partial charge in [0.2, 0.25) is 0 Å². The molecule has 0 spiro atoms. The smallest absolute Gasteiger partial charge is 0.271 e. The number of alkyl halides is 1. The quantitative estimate of drug-likeness (QED) is 0.287. The first-order chi connectivity index (χ1) is 6.24. The van der Waals surface area contributed by atoms with E-state index in [1.165, 1.54) is 12.1 Å². The van der Waals surface area contributed by atoms with Gasteiger partial charge < -0.3 is 5.43 Å². The molecule has 0 heterocycles. The maximum atomic E-state index is 10.2. The predicted molar refractivity (Wildman–Crippen MR) is 60.9 cm³/mol. The monoisotopic (exact) mass is 295 g/mol. The van der Waals surface area contributed by atoms with Crippen molar-refractivity contribution >= 4 is 34.0 Å². The molecule has 0 aromatic heterocycles. The number of anilines is 1. The first-order valence-corrected chi connectivity index (χ1v) is 5.48. The van der Waals surface area contributed by atoms with Gasteiger partial charge in [-0.05, 0) is 11.0 Å². The van der Waals surface area contributed by atoms with Gasteiger partial charge in [-0.1, -0.05) is 28.7 Å². The van der Waals surface area contributed by atoms with Gasteiger partial charge >= 0.3 is 0 Å². The Morgan fingerprint density at radius 2 is 2.15 bits per heavy atom. The highest BCUT2D eigenvalue weighted by Crippen LogP contribution is 2.15. The number of nitrogen functional groups attached to an aromatic ring is 1. The minimum Gasteiger partial charge on any atom is -0.324 e. The van der Waals surface area contributed by atoms with E-state index in [4.69, 9.17) is 5.84 Å². The molecule has 0 aliphatic carbocycles. The SMILES string of the molecule is CI.NNc1cccc([N+](=O)[O-])c1. The molecule has 72 valence electrons. The molecule has 0 amide bonds. The number of hydrogen-bond acceptors (Lipinski definition) is 4. The van der Waals surface area contributed by atoms with Crippen LogP contribution >= 0.6 is 22.6 Å². The lowest BCUT2D eigenvalue weighted by Gasteiger charge is -1.96. The summed E-state index contributed by atoms with van der Waals surface area (Å²) in [6.07, 6.45) is 0. The lowest BCUT2D eigenvalue weighted by atomic mass is 10.3. The number of non-ortho nitro benzene ring substituents is 1. The van der Waals surface area contributed by atoms with Crippen molar-refractivity contribution in [1.29, 1.82) is 0 Å². The summed E-state index contributed by atoms with van der Waals surface area (Å²) < 4.78 is 0. The third-order valence-electron chi connectivity index (χ3n) is 1.22. The minimum atomic E-state index is -0.471. The number of benzene rings is 1. The summed E-state index contributed by atoms with van der Waals surface area (Å²) in [6.45, 7) is 0. The van der Waals surface area contributed by atoms with E-state index in [0.29, 0.717) is 5.69 Å². The topological polar surface area (TPSA) is 81.2 Å². The molecule has 0 saturated heterocycles. The fourth-order valence-corrected chi connectivity index (χ4v) is 0.709. The van der Waals surface area contributed by atoms with Gasteiger partial charge in [0.1, 0.15) is 0 Å². The summed E-state index contributed by atoms with van der Waals surface area (Å²) in [4.78, 5) is 11.7.